The third kappa shape index (κ3) is 3.14. The maximum absolute atomic E-state index is 3.74. The van der Waals surface area contributed by atoms with Gasteiger partial charge in [-0.05, 0) is 67.7 Å². The van der Waals surface area contributed by atoms with Crippen molar-refractivity contribution in [2.45, 2.75) is 66.5 Å². The normalized spacial score (nSPS) is 22.4. The molecular formula is C17H27N. The van der Waals surface area contributed by atoms with Gasteiger partial charge in [0.25, 0.3) is 0 Å². The molecule has 1 N–H and O–H groups in total. The molecule has 0 aromatic heterocycles. The summed E-state index contributed by atoms with van der Waals surface area (Å²) in [7, 11) is 0. The van der Waals surface area contributed by atoms with E-state index in [-0.39, 0.29) is 0 Å². The molecule has 1 aromatic rings. The van der Waals surface area contributed by atoms with Crippen LogP contribution in [-0.4, -0.2) is 6.04 Å². The zero-order chi connectivity index (χ0) is 13.3. The van der Waals surface area contributed by atoms with Gasteiger partial charge >= 0.3 is 0 Å². The van der Waals surface area contributed by atoms with Gasteiger partial charge in [0.2, 0.25) is 0 Å². The highest BCUT2D eigenvalue weighted by Crippen LogP contribution is 2.37. The monoisotopic (exact) mass is 245 g/mol. The van der Waals surface area contributed by atoms with Crippen LogP contribution in [0.15, 0.2) is 12.1 Å². The van der Waals surface area contributed by atoms with Crippen molar-refractivity contribution in [3.05, 3.63) is 34.4 Å². The Balaban J connectivity index is 1.97. The van der Waals surface area contributed by atoms with Gasteiger partial charge in [0.05, 0.1) is 0 Å². The van der Waals surface area contributed by atoms with E-state index in [1.165, 1.54) is 41.5 Å². The first-order valence-electron chi connectivity index (χ1n) is 7.17. The predicted molar refractivity (Wildman–Crippen MR) is 78.9 cm³/mol. The number of nitrogens with one attached hydrogen (secondary N) is 1. The Morgan fingerprint density at radius 1 is 1.11 bits per heavy atom. The largest absolute Gasteiger partial charge is 0.310 e. The second-order valence-corrected chi connectivity index (χ2v) is 6.85. The van der Waals surface area contributed by atoms with E-state index in [1.807, 2.05) is 0 Å². The van der Waals surface area contributed by atoms with E-state index >= 15 is 0 Å². The Morgan fingerprint density at radius 2 is 1.78 bits per heavy atom. The van der Waals surface area contributed by atoms with Crippen LogP contribution in [0.1, 0.15) is 55.4 Å². The molecule has 0 heterocycles. The Labute approximate surface area is 112 Å². The summed E-state index contributed by atoms with van der Waals surface area (Å²) in [5.74, 6) is 0. The predicted octanol–water partition coefficient (Wildman–Crippen LogP) is 4.28. The zero-order valence-electron chi connectivity index (χ0n) is 12.6. The first kappa shape index (κ1) is 13.6. The minimum Gasteiger partial charge on any atom is -0.310 e. The molecule has 1 unspecified atom stereocenters. The van der Waals surface area contributed by atoms with Crippen molar-refractivity contribution >= 4 is 0 Å². The van der Waals surface area contributed by atoms with Crippen molar-refractivity contribution in [3.63, 3.8) is 0 Å². The lowest BCUT2D eigenvalue weighted by Crippen LogP contribution is -2.27. The van der Waals surface area contributed by atoms with Crippen molar-refractivity contribution in [1.29, 1.82) is 0 Å². The van der Waals surface area contributed by atoms with Gasteiger partial charge in [0, 0.05) is 12.6 Å². The molecule has 18 heavy (non-hydrogen) atoms. The van der Waals surface area contributed by atoms with Crippen LogP contribution in [0, 0.1) is 26.2 Å². The first-order valence-corrected chi connectivity index (χ1v) is 7.17. The van der Waals surface area contributed by atoms with Crippen LogP contribution >= 0.6 is 0 Å². The quantitative estimate of drug-likeness (QED) is 0.838. The van der Waals surface area contributed by atoms with Crippen LogP contribution in [0.3, 0.4) is 0 Å². The fraction of sp³-hybridized carbons (Fsp3) is 0.647. The second-order valence-electron chi connectivity index (χ2n) is 6.85. The minimum atomic E-state index is 0.538. The molecule has 0 radical (unpaired) electrons. The summed E-state index contributed by atoms with van der Waals surface area (Å²) >= 11 is 0. The van der Waals surface area contributed by atoms with E-state index in [2.05, 4.69) is 52.1 Å². The number of aryl methyl sites for hydroxylation is 3. The van der Waals surface area contributed by atoms with Gasteiger partial charge in [-0.1, -0.05) is 26.0 Å². The summed E-state index contributed by atoms with van der Waals surface area (Å²) in [6.45, 7) is 12.4. The topological polar surface area (TPSA) is 12.0 Å². The molecule has 1 saturated carbocycles. The SMILES string of the molecule is Cc1cc(C)c(CNC2CCC(C)(C)C2)cc1C. The maximum Gasteiger partial charge on any atom is 0.0210 e. The Bertz CT molecular complexity index is 431. The van der Waals surface area contributed by atoms with Crippen LogP contribution < -0.4 is 5.32 Å². The Kier molecular flexibility index (Phi) is 3.82. The van der Waals surface area contributed by atoms with Crippen LogP contribution in [-0.2, 0) is 6.54 Å². The van der Waals surface area contributed by atoms with E-state index in [4.69, 9.17) is 0 Å². The molecule has 0 spiro atoms. The standard InChI is InChI=1S/C17H27N/c1-12-8-14(3)15(9-13(12)2)11-18-16-6-7-17(4,5)10-16/h8-9,16,18H,6-7,10-11H2,1-5H3. The van der Waals surface area contributed by atoms with Gasteiger partial charge in [-0.25, -0.2) is 0 Å². The summed E-state index contributed by atoms with van der Waals surface area (Å²) in [4.78, 5) is 0. The van der Waals surface area contributed by atoms with Crippen LogP contribution in [0.2, 0.25) is 0 Å². The van der Waals surface area contributed by atoms with Crippen LogP contribution in [0.4, 0.5) is 0 Å². The number of rotatable bonds is 3. The second kappa shape index (κ2) is 5.05. The third-order valence-electron chi connectivity index (χ3n) is 4.50. The first-order chi connectivity index (χ1) is 8.37. The summed E-state index contributed by atoms with van der Waals surface area (Å²) in [6, 6.07) is 5.36. The van der Waals surface area contributed by atoms with Gasteiger partial charge in [-0.3, -0.25) is 0 Å². The lowest BCUT2D eigenvalue weighted by Gasteiger charge is -2.18. The van der Waals surface area contributed by atoms with Gasteiger partial charge < -0.3 is 5.32 Å². The third-order valence-corrected chi connectivity index (χ3v) is 4.50. The highest BCUT2D eigenvalue weighted by Gasteiger charge is 2.30. The molecule has 100 valence electrons. The lowest BCUT2D eigenvalue weighted by atomic mass is 9.92. The molecule has 1 aliphatic rings. The molecule has 1 aromatic carbocycles. The molecule has 1 fully saturated rings. The fourth-order valence-corrected chi connectivity index (χ4v) is 3.08. The van der Waals surface area contributed by atoms with Gasteiger partial charge in [-0.2, -0.15) is 0 Å². The fourth-order valence-electron chi connectivity index (χ4n) is 3.08. The zero-order valence-corrected chi connectivity index (χ0v) is 12.6. The average molecular weight is 245 g/mol. The molecule has 1 aliphatic carbocycles. The van der Waals surface area contributed by atoms with E-state index in [0.29, 0.717) is 11.5 Å². The van der Waals surface area contributed by atoms with Crippen molar-refractivity contribution in [1.82, 2.24) is 5.32 Å². The molecule has 1 atom stereocenters. The molecular weight excluding hydrogens is 218 g/mol. The smallest absolute Gasteiger partial charge is 0.0210 e. The molecule has 2 rings (SSSR count). The molecule has 0 bridgehead atoms. The summed E-state index contributed by atoms with van der Waals surface area (Å²) in [5.41, 5.74) is 6.23. The van der Waals surface area contributed by atoms with E-state index in [1.54, 1.807) is 0 Å². The number of benzene rings is 1. The minimum absolute atomic E-state index is 0.538. The van der Waals surface area contributed by atoms with Crippen LogP contribution in [0.5, 0.6) is 0 Å². The van der Waals surface area contributed by atoms with Crippen molar-refractivity contribution in [3.8, 4) is 0 Å². The highest BCUT2D eigenvalue weighted by atomic mass is 14.9. The van der Waals surface area contributed by atoms with E-state index in [9.17, 15) is 0 Å². The van der Waals surface area contributed by atoms with E-state index in [0.717, 1.165) is 6.54 Å². The lowest BCUT2D eigenvalue weighted by molar-refractivity contribution is 0.364. The number of hydrogen-bond donors (Lipinski definition) is 1. The van der Waals surface area contributed by atoms with Gasteiger partial charge in [-0.15, -0.1) is 0 Å². The van der Waals surface area contributed by atoms with Crippen molar-refractivity contribution < 1.29 is 0 Å². The maximum atomic E-state index is 3.74. The van der Waals surface area contributed by atoms with Gasteiger partial charge in [0.1, 0.15) is 0 Å². The summed E-state index contributed by atoms with van der Waals surface area (Å²) in [6.07, 6.45) is 4.00. The molecule has 0 amide bonds. The van der Waals surface area contributed by atoms with Crippen molar-refractivity contribution in [2.75, 3.05) is 0 Å². The number of hydrogen-bond acceptors (Lipinski definition) is 1. The Morgan fingerprint density at radius 3 is 2.39 bits per heavy atom. The average Bonchev–Trinajstić information content (AvgIpc) is 2.62. The molecule has 0 aliphatic heterocycles. The molecule has 1 nitrogen and oxygen atoms in total. The highest BCUT2D eigenvalue weighted by molar-refractivity contribution is 5.36. The summed E-state index contributed by atoms with van der Waals surface area (Å²) < 4.78 is 0. The summed E-state index contributed by atoms with van der Waals surface area (Å²) in [5, 5.41) is 3.74. The Hall–Kier alpha value is -0.820. The molecule has 1 heteroatoms. The molecule has 0 saturated heterocycles. The van der Waals surface area contributed by atoms with Gasteiger partial charge in [0.15, 0.2) is 0 Å². The van der Waals surface area contributed by atoms with Crippen molar-refractivity contribution in [2.24, 2.45) is 5.41 Å². The van der Waals surface area contributed by atoms with Crippen LogP contribution in [0.25, 0.3) is 0 Å². The van der Waals surface area contributed by atoms with E-state index < -0.39 is 0 Å².